The van der Waals surface area contributed by atoms with E-state index in [1.165, 1.54) is 24.2 Å². The third kappa shape index (κ3) is 3.36. The molecule has 1 aliphatic heterocycles. The topological polar surface area (TPSA) is 15.3 Å². The first-order valence-corrected chi connectivity index (χ1v) is 6.98. The summed E-state index contributed by atoms with van der Waals surface area (Å²) < 4.78 is 0. The van der Waals surface area contributed by atoms with Crippen molar-refractivity contribution in [1.29, 1.82) is 0 Å². The number of para-hydroxylation sites is 1. The van der Waals surface area contributed by atoms with Gasteiger partial charge in [0.05, 0.1) is 0 Å². The summed E-state index contributed by atoms with van der Waals surface area (Å²) in [7, 11) is 0. The average Bonchev–Trinajstić information content (AvgIpc) is 2.88. The van der Waals surface area contributed by atoms with Crippen LogP contribution < -0.4 is 5.32 Å². The molecular formula is C17H20N2. The molecule has 2 aromatic carbocycles. The lowest BCUT2D eigenvalue weighted by atomic mass is 10.2. The first-order chi connectivity index (χ1) is 9.40. The summed E-state index contributed by atoms with van der Waals surface area (Å²) in [5, 5.41) is 3.61. The van der Waals surface area contributed by atoms with E-state index >= 15 is 0 Å². The Hall–Kier alpha value is -1.80. The highest BCUT2D eigenvalue weighted by atomic mass is 15.2. The van der Waals surface area contributed by atoms with Crippen LogP contribution in [0.5, 0.6) is 0 Å². The number of hydrogen-bond acceptors (Lipinski definition) is 2. The summed E-state index contributed by atoms with van der Waals surface area (Å²) in [6.07, 6.45) is 1.22. The zero-order chi connectivity index (χ0) is 12.9. The van der Waals surface area contributed by atoms with Crippen LogP contribution in [0.3, 0.4) is 0 Å². The van der Waals surface area contributed by atoms with E-state index in [4.69, 9.17) is 0 Å². The van der Waals surface area contributed by atoms with Gasteiger partial charge in [-0.05, 0) is 24.1 Å². The van der Waals surface area contributed by atoms with Gasteiger partial charge in [0.15, 0.2) is 0 Å². The maximum Gasteiger partial charge on any atom is 0.0400 e. The van der Waals surface area contributed by atoms with Crippen LogP contribution in [-0.4, -0.2) is 24.0 Å². The van der Waals surface area contributed by atoms with E-state index in [9.17, 15) is 0 Å². The molecule has 98 valence electrons. The van der Waals surface area contributed by atoms with Gasteiger partial charge in [0.2, 0.25) is 0 Å². The Balaban J connectivity index is 1.53. The highest BCUT2D eigenvalue weighted by molar-refractivity contribution is 5.43. The maximum absolute atomic E-state index is 3.61. The van der Waals surface area contributed by atoms with Crippen LogP contribution in [0, 0.1) is 0 Å². The van der Waals surface area contributed by atoms with Crippen molar-refractivity contribution in [2.24, 2.45) is 0 Å². The maximum atomic E-state index is 3.61. The minimum absolute atomic E-state index is 0.575. The molecular weight excluding hydrogens is 232 g/mol. The standard InChI is InChI=1S/C17H20N2/c1-3-7-15(8-4-1)13-19-12-11-17(14-19)18-16-9-5-2-6-10-16/h1-10,17-18H,11-14H2/t17-/m0/s1. The Morgan fingerprint density at radius 2 is 1.63 bits per heavy atom. The summed E-state index contributed by atoms with van der Waals surface area (Å²) in [6, 6.07) is 21.8. The smallest absolute Gasteiger partial charge is 0.0400 e. The molecule has 0 spiro atoms. The molecule has 0 unspecified atom stereocenters. The zero-order valence-electron chi connectivity index (χ0n) is 11.1. The predicted octanol–water partition coefficient (Wildman–Crippen LogP) is 3.37. The van der Waals surface area contributed by atoms with Gasteiger partial charge in [-0.1, -0.05) is 48.5 Å². The van der Waals surface area contributed by atoms with Gasteiger partial charge in [0, 0.05) is 31.4 Å². The Labute approximate surface area is 115 Å². The Kier molecular flexibility index (Phi) is 3.80. The van der Waals surface area contributed by atoms with Crippen molar-refractivity contribution in [3.05, 3.63) is 66.2 Å². The van der Waals surface area contributed by atoms with E-state index < -0.39 is 0 Å². The van der Waals surface area contributed by atoms with Crippen LogP contribution >= 0.6 is 0 Å². The number of nitrogens with one attached hydrogen (secondary N) is 1. The Morgan fingerprint density at radius 3 is 2.37 bits per heavy atom. The second-order valence-corrected chi connectivity index (χ2v) is 5.22. The van der Waals surface area contributed by atoms with Crippen molar-refractivity contribution >= 4 is 5.69 Å². The number of benzene rings is 2. The normalized spacial score (nSPS) is 19.5. The van der Waals surface area contributed by atoms with Gasteiger partial charge in [0.1, 0.15) is 0 Å². The van der Waals surface area contributed by atoms with Gasteiger partial charge in [-0.15, -0.1) is 0 Å². The molecule has 2 nitrogen and oxygen atoms in total. The van der Waals surface area contributed by atoms with E-state index in [1.807, 2.05) is 0 Å². The molecule has 3 rings (SSSR count). The second kappa shape index (κ2) is 5.89. The number of anilines is 1. The molecule has 2 heteroatoms. The Morgan fingerprint density at radius 1 is 0.947 bits per heavy atom. The quantitative estimate of drug-likeness (QED) is 0.897. The molecule has 1 heterocycles. The molecule has 1 N–H and O–H groups in total. The Bertz CT molecular complexity index is 448. The summed E-state index contributed by atoms with van der Waals surface area (Å²) in [5.74, 6) is 0. The van der Waals surface area contributed by atoms with Crippen LogP contribution in [0.1, 0.15) is 12.0 Å². The summed E-state index contributed by atoms with van der Waals surface area (Å²) in [4.78, 5) is 2.52. The highest BCUT2D eigenvalue weighted by Gasteiger charge is 2.21. The second-order valence-electron chi connectivity index (χ2n) is 5.22. The van der Waals surface area contributed by atoms with Crippen molar-refractivity contribution in [1.82, 2.24) is 4.90 Å². The van der Waals surface area contributed by atoms with Gasteiger partial charge in [-0.25, -0.2) is 0 Å². The van der Waals surface area contributed by atoms with E-state index in [2.05, 4.69) is 70.9 Å². The minimum Gasteiger partial charge on any atom is -0.381 e. The number of nitrogens with zero attached hydrogens (tertiary/aromatic N) is 1. The van der Waals surface area contributed by atoms with Crippen molar-refractivity contribution in [3.8, 4) is 0 Å². The van der Waals surface area contributed by atoms with Crippen molar-refractivity contribution in [2.45, 2.75) is 19.0 Å². The molecule has 1 atom stereocenters. The van der Waals surface area contributed by atoms with Gasteiger partial charge in [-0.2, -0.15) is 0 Å². The molecule has 1 aliphatic rings. The van der Waals surface area contributed by atoms with Crippen LogP contribution in [0.4, 0.5) is 5.69 Å². The summed E-state index contributed by atoms with van der Waals surface area (Å²) in [5.41, 5.74) is 2.64. The fourth-order valence-electron chi connectivity index (χ4n) is 2.71. The van der Waals surface area contributed by atoms with Crippen LogP contribution in [0.25, 0.3) is 0 Å². The van der Waals surface area contributed by atoms with E-state index in [0.29, 0.717) is 6.04 Å². The third-order valence-corrected chi connectivity index (χ3v) is 3.67. The lowest BCUT2D eigenvalue weighted by Crippen LogP contribution is -2.25. The van der Waals surface area contributed by atoms with Gasteiger partial charge >= 0.3 is 0 Å². The number of rotatable bonds is 4. The van der Waals surface area contributed by atoms with E-state index in [-0.39, 0.29) is 0 Å². The van der Waals surface area contributed by atoms with Crippen LogP contribution in [0.15, 0.2) is 60.7 Å². The number of hydrogen-bond donors (Lipinski definition) is 1. The minimum atomic E-state index is 0.575. The van der Waals surface area contributed by atoms with Gasteiger partial charge in [0.25, 0.3) is 0 Å². The molecule has 0 radical (unpaired) electrons. The lowest BCUT2D eigenvalue weighted by molar-refractivity contribution is 0.328. The molecule has 1 fully saturated rings. The van der Waals surface area contributed by atoms with Crippen molar-refractivity contribution in [3.63, 3.8) is 0 Å². The third-order valence-electron chi connectivity index (χ3n) is 3.67. The SMILES string of the molecule is c1ccc(CN2CC[C@H](Nc3ccccc3)C2)cc1. The first kappa shape index (κ1) is 12.2. The molecule has 2 aromatic rings. The molecule has 0 aromatic heterocycles. The van der Waals surface area contributed by atoms with Crippen molar-refractivity contribution in [2.75, 3.05) is 18.4 Å². The van der Waals surface area contributed by atoms with Crippen LogP contribution in [-0.2, 0) is 6.54 Å². The van der Waals surface area contributed by atoms with E-state index in [1.54, 1.807) is 0 Å². The largest absolute Gasteiger partial charge is 0.381 e. The zero-order valence-corrected chi connectivity index (χ0v) is 11.1. The highest BCUT2D eigenvalue weighted by Crippen LogP contribution is 2.17. The van der Waals surface area contributed by atoms with Gasteiger partial charge < -0.3 is 5.32 Å². The predicted molar refractivity (Wildman–Crippen MR) is 80.2 cm³/mol. The monoisotopic (exact) mass is 252 g/mol. The fourth-order valence-corrected chi connectivity index (χ4v) is 2.71. The average molecular weight is 252 g/mol. The molecule has 0 amide bonds. The summed E-state index contributed by atoms with van der Waals surface area (Å²) in [6.45, 7) is 3.37. The van der Waals surface area contributed by atoms with Crippen LogP contribution in [0.2, 0.25) is 0 Å². The molecule has 0 saturated carbocycles. The first-order valence-electron chi connectivity index (χ1n) is 6.98. The summed E-state index contributed by atoms with van der Waals surface area (Å²) >= 11 is 0. The van der Waals surface area contributed by atoms with E-state index in [0.717, 1.165) is 13.1 Å². The fraction of sp³-hybridized carbons (Fsp3) is 0.294. The molecule has 0 aliphatic carbocycles. The molecule has 0 bridgehead atoms. The van der Waals surface area contributed by atoms with Gasteiger partial charge in [-0.3, -0.25) is 4.90 Å². The molecule has 19 heavy (non-hydrogen) atoms. The van der Waals surface area contributed by atoms with Crippen molar-refractivity contribution < 1.29 is 0 Å². The molecule has 1 saturated heterocycles. The number of likely N-dealkylation sites (tertiary alicyclic amines) is 1. The lowest BCUT2D eigenvalue weighted by Gasteiger charge is -2.17.